The lowest BCUT2D eigenvalue weighted by Crippen LogP contribution is -2.30. The van der Waals surface area contributed by atoms with E-state index in [0.29, 0.717) is 30.8 Å². The van der Waals surface area contributed by atoms with Crippen LogP contribution in [0.2, 0.25) is 0 Å². The van der Waals surface area contributed by atoms with Crippen LogP contribution in [0.15, 0.2) is 66.1 Å². The summed E-state index contributed by atoms with van der Waals surface area (Å²) in [6.45, 7) is 3.39. The zero-order chi connectivity index (χ0) is 22.6. The maximum Gasteiger partial charge on any atom is 0.264 e. The average molecular weight is 455 g/mol. The summed E-state index contributed by atoms with van der Waals surface area (Å²) in [4.78, 5) is 16.2. The second-order valence-corrected chi connectivity index (χ2v) is 9.54. The number of carbonyl (C=O) groups is 1. The Hall–Kier alpha value is -3.33. The van der Waals surface area contributed by atoms with Crippen LogP contribution in [0, 0.1) is 6.92 Å². The number of imidazole rings is 1. The highest BCUT2D eigenvalue weighted by atomic mass is 32.2. The average Bonchev–Trinajstić information content (AvgIpc) is 3.46. The number of anilines is 1. The summed E-state index contributed by atoms with van der Waals surface area (Å²) in [5.41, 5.74) is 2.42. The first kappa shape index (κ1) is 21.9. The van der Waals surface area contributed by atoms with Crippen molar-refractivity contribution >= 4 is 21.6 Å². The molecule has 8 nitrogen and oxygen atoms in total. The van der Waals surface area contributed by atoms with Crippen molar-refractivity contribution in [3.8, 4) is 5.75 Å². The Morgan fingerprint density at radius 3 is 2.84 bits per heavy atom. The van der Waals surface area contributed by atoms with Crippen molar-refractivity contribution in [2.45, 2.75) is 31.2 Å². The van der Waals surface area contributed by atoms with Gasteiger partial charge in [0.1, 0.15) is 5.75 Å². The monoisotopic (exact) mass is 454 g/mol. The fourth-order valence-corrected chi connectivity index (χ4v) is 5.32. The van der Waals surface area contributed by atoms with Gasteiger partial charge in [-0.2, -0.15) is 0 Å². The molecular weight excluding hydrogens is 428 g/mol. The van der Waals surface area contributed by atoms with E-state index in [9.17, 15) is 13.2 Å². The van der Waals surface area contributed by atoms with Gasteiger partial charge in [-0.15, -0.1) is 0 Å². The predicted octanol–water partition coefficient (Wildman–Crippen LogP) is 2.53. The molecule has 0 atom stereocenters. The lowest BCUT2D eigenvalue weighted by atomic mass is 10.2. The van der Waals surface area contributed by atoms with Gasteiger partial charge in [-0.3, -0.25) is 9.10 Å². The van der Waals surface area contributed by atoms with Crippen molar-refractivity contribution in [1.82, 2.24) is 14.9 Å². The van der Waals surface area contributed by atoms with Crippen molar-refractivity contribution < 1.29 is 17.9 Å². The van der Waals surface area contributed by atoms with Gasteiger partial charge >= 0.3 is 0 Å². The van der Waals surface area contributed by atoms with Crippen LogP contribution in [0.1, 0.15) is 17.5 Å². The van der Waals surface area contributed by atoms with E-state index in [0.717, 1.165) is 24.2 Å². The summed E-state index contributed by atoms with van der Waals surface area (Å²) >= 11 is 0. The summed E-state index contributed by atoms with van der Waals surface area (Å²) in [5.74, 6) is 0.264. The fourth-order valence-electron chi connectivity index (χ4n) is 3.73. The largest absolute Gasteiger partial charge is 0.484 e. The van der Waals surface area contributed by atoms with Crippen LogP contribution in [0.25, 0.3) is 0 Å². The Morgan fingerprint density at radius 2 is 2.06 bits per heavy atom. The number of rotatable bonds is 9. The highest BCUT2D eigenvalue weighted by Crippen LogP contribution is 2.33. The number of nitrogens with zero attached hydrogens (tertiary/aromatic N) is 3. The second kappa shape index (κ2) is 9.44. The molecule has 0 unspecified atom stereocenters. The van der Waals surface area contributed by atoms with Gasteiger partial charge in [0.05, 0.1) is 16.9 Å². The van der Waals surface area contributed by atoms with E-state index < -0.39 is 10.0 Å². The molecule has 3 aromatic rings. The van der Waals surface area contributed by atoms with E-state index in [-0.39, 0.29) is 17.4 Å². The predicted molar refractivity (Wildman–Crippen MR) is 121 cm³/mol. The van der Waals surface area contributed by atoms with Gasteiger partial charge in [0.25, 0.3) is 15.9 Å². The van der Waals surface area contributed by atoms with Gasteiger partial charge in [-0.1, -0.05) is 18.2 Å². The molecule has 4 rings (SSSR count). The first-order valence-electron chi connectivity index (χ1n) is 10.5. The number of benzene rings is 2. The molecule has 0 bridgehead atoms. The lowest BCUT2D eigenvalue weighted by Gasteiger charge is -2.20. The van der Waals surface area contributed by atoms with Crippen LogP contribution in [-0.2, 0) is 27.8 Å². The number of ether oxygens (including phenoxy) is 1. The third kappa shape index (κ3) is 4.77. The van der Waals surface area contributed by atoms with Crippen molar-refractivity contribution in [2.75, 3.05) is 24.0 Å². The number of fused-ring (bicyclic) bond motifs is 1. The number of sulfonamides is 1. The first-order chi connectivity index (χ1) is 15.4. The van der Waals surface area contributed by atoms with Crippen molar-refractivity contribution in [3.63, 3.8) is 0 Å². The number of carbonyl (C=O) groups excluding carboxylic acids is 1. The molecule has 1 aliphatic heterocycles. The van der Waals surface area contributed by atoms with E-state index in [4.69, 9.17) is 4.74 Å². The minimum atomic E-state index is -3.66. The zero-order valence-electron chi connectivity index (χ0n) is 17.9. The molecule has 1 N–H and O–H groups in total. The van der Waals surface area contributed by atoms with Gasteiger partial charge in [-0.05, 0) is 55.2 Å². The molecule has 168 valence electrons. The molecule has 1 aliphatic rings. The van der Waals surface area contributed by atoms with Gasteiger partial charge < -0.3 is 14.6 Å². The first-order valence-corrected chi connectivity index (χ1v) is 12.0. The summed E-state index contributed by atoms with van der Waals surface area (Å²) in [5, 5.41) is 2.82. The number of hydrogen-bond donors (Lipinski definition) is 1. The molecule has 9 heteroatoms. The summed E-state index contributed by atoms with van der Waals surface area (Å²) in [7, 11) is -3.66. The smallest absolute Gasteiger partial charge is 0.264 e. The van der Waals surface area contributed by atoms with Crippen molar-refractivity contribution in [3.05, 3.63) is 72.3 Å². The van der Waals surface area contributed by atoms with Crippen LogP contribution >= 0.6 is 0 Å². The number of nitrogens with one attached hydrogen (secondary N) is 1. The molecule has 1 aromatic heterocycles. The highest BCUT2D eigenvalue weighted by molar-refractivity contribution is 7.92. The molecule has 0 saturated carbocycles. The third-order valence-corrected chi connectivity index (χ3v) is 7.22. The van der Waals surface area contributed by atoms with Crippen LogP contribution in [-0.4, -0.2) is 43.6 Å². The van der Waals surface area contributed by atoms with E-state index in [1.807, 2.05) is 35.0 Å². The quantitative estimate of drug-likeness (QED) is 0.502. The molecule has 1 amide bonds. The Labute approximate surface area is 187 Å². The van der Waals surface area contributed by atoms with Gasteiger partial charge in [0.2, 0.25) is 0 Å². The molecule has 0 spiro atoms. The molecule has 0 radical (unpaired) electrons. The normalized spacial score (nSPS) is 13.1. The standard InChI is InChI=1S/C23H26N4O4S/c1-18-15-20(32(29,30)27-13-9-19-5-2-3-6-21(19)27)7-8-22(18)31-16-23(28)25-10-4-12-26-14-11-24-17-26/h2-3,5-8,11,14-15,17H,4,9-10,12-13,16H2,1H3,(H,25,28). The number of para-hydroxylation sites is 1. The molecular formula is C23H26N4O4S. The maximum absolute atomic E-state index is 13.2. The van der Waals surface area contributed by atoms with Crippen LogP contribution < -0.4 is 14.4 Å². The topological polar surface area (TPSA) is 93.5 Å². The van der Waals surface area contributed by atoms with Crippen molar-refractivity contribution in [2.24, 2.45) is 0 Å². The maximum atomic E-state index is 13.2. The van der Waals surface area contributed by atoms with E-state index >= 15 is 0 Å². The zero-order valence-corrected chi connectivity index (χ0v) is 18.7. The van der Waals surface area contributed by atoms with Crippen LogP contribution in [0.3, 0.4) is 0 Å². The Balaban J connectivity index is 1.32. The fraction of sp³-hybridized carbons (Fsp3) is 0.304. The van der Waals surface area contributed by atoms with E-state index in [1.54, 1.807) is 31.6 Å². The summed E-state index contributed by atoms with van der Waals surface area (Å²) < 4.78 is 35.4. The van der Waals surface area contributed by atoms with E-state index in [1.165, 1.54) is 10.4 Å². The Morgan fingerprint density at radius 1 is 1.22 bits per heavy atom. The van der Waals surface area contributed by atoms with Gasteiger partial charge in [0.15, 0.2) is 6.61 Å². The molecule has 0 fully saturated rings. The minimum Gasteiger partial charge on any atom is -0.484 e. The molecule has 2 aromatic carbocycles. The number of amides is 1. The SMILES string of the molecule is Cc1cc(S(=O)(=O)N2CCc3ccccc32)ccc1OCC(=O)NCCCn1ccnc1. The molecule has 2 heterocycles. The third-order valence-electron chi connectivity index (χ3n) is 5.41. The minimum absolute atomic E-state index is 0.127. The van der Waals surface area contributed by atoms with Crippen LogP contribution in [0.4, 0.5) is 5.69 Å². The number of aryl methyl sites for hydroxylation is 2. The second-order valence-electron chi connectivity index (χ2n) is 7.68. The highest BCUT2D eigenvalue weighted by Gasteiger charge is 2.30. The van der Waals surface area contributed by atoms with Gasteiger partial charge in [0, 0.05) is 32.0 Å². The molecule has 32 heavy (non-hydrogen) atoms. The molecule has 0 saturated heterocycles. The summed E-state index contributed by atoms with van der Waals surface area (Å²) in [6.07, 6.45) is 6.82. The molecule has 0 aliphatic carbocycles. The Bertz CT molecular complexity index is 1190. The lowest BCUT2D eigenvalue weighted by molar-refractivity contribution is -0.123. The van der Waals surface area contributed by atoms with Crippen molar-refractivity contribution in [1.29, 1.82) is 0 Å². The van der Waals surface area contributed by atoms with Gasteiger partial charge in [-0.25, -0.2) is 13.4 Å². The number of hydrogen-bond acceptors (Lipinski definition) is 5. The van der Waals surface area contributed by atoms with E-state index in [2.05, 4.69) is 10.3 Å². The van der Waals surface area contributed by atoms with Crippen LogP contribution in [0.5, 0.6) is 5.75 Å². The summed E-state index contributed by atoms with van der Waals surface area (Å²) in [6, 6.07) is 12.3. The number of aromatic nitrogens is 2. The Kier molecular flexibility index (Phi) is 6.45.